The summed E-state index contributed by atoms with van der Waals surface area (Å²) in [5, 5.41) is 12.7. The number of aryl methyl sites for hydroxylation is 1. The summed E-state index contributed by atoms with van der Waals surface area (Å²) in [6, 6.07) is 0. The molecule has 0 unspecified atom stereocenters. The number of pyridine rings is 1. The Morgan fingerprint density at radius 3 is 2.83 bits per heavy atom. The summed E-state index contributed by atoms with van der Waals surface area (Å²) >= 11 is 5.84. The average molecular weight is 430 g/mol. The fourth-order valence-corrected chi connectivity index (χ4v) is 4.15. The molecule has 5 rings (SSSR count). The number of aliphatic hydroxyl groups excluding tert-OH is 1. The van der Waals surface area contributed by atoms with E-state index in [0.717, 1.165) is 16.8 Å². The first kappa shape index (κ1) is 19.0. The van der Waals surface area contributed by atoms with Gasteiger partial charge in [0.2, 0.25) is 11.2 Å². The number of nitrogens with one attached hydrogen (secondary N) is 2. The molecule has 0 radical (unpaired) electrons. The van der Waals surface area contributed by atoms with Gasteiger partial charge in [-0.15, -0.1) is 0 Å². The number of amides is 1. The van der Waals surface area contributed by atoms with E-state index in [1.54, 1.807) is 6.20 Å². The smallest absolute Gasteiger partial charge is 0.258 e. The van der Waals surface area contributed by atoms with Gasteiger partial charge in [-0.05, 0) is 42.5 Å². The highest BCUT2D eigenvalue weighted by molar-refractivity contribution is 6.28. The molecule has 8 nitrogen and oxygen atoms in total. The molecule has 3 N–H and O–H groups in total. The lowest BCUT2D eigenvalue weighted by Crippen LogP contribution is -2.32. The average Bonchev–Trinajstić information content (AvgIpc) is 3.09. The number of carbonyl (C=O) groups is 1. The predicted molar refractivity (Wildman–Crippen MR) is 105 cm³/mol. The van der Waals surface area contributed by atoms with Gasteiger partial charge in [-0.3, -0.25) is 4.79 Å². The van der Waals surface area contributed by atoms with Crippen molar-refractivity contribution < 1.29 is 19.0 Å². The third-order valence-electron chi connectivity index (χ3n) is 5.42. The number of halogens is 2. The van der Waals surface area contributed by atoms with Crippen molar-refractivity contribution >= 4 is 17.5 Å². The topological polar surface area (TPSA) is 113 Å². The second kappa shape index (κ2) is 7.03. The van der Waals surface area contributed by atoms with Crippen molar-refractivity contribution in [3.05, 3.63) is 51.4 Å². The van der Waals surface area contributed by atoms with Crippen LogP contribution in [0.5, 0.6) is 11.8 Å². The summed E-state index contributed by atoms with van der Waals surface area (Å²) in [6.07, 6.45) is 3.77. The van der Waals surface area contributed by atoms with Gasteiger partial charge in [0.1, 0.15) is 0 Å². The number of aliphatic hydroxyl groups is 1. The SMILES string of the molecule is C[C@@H](O)c1cnc(Cl)nc1Oc1ncc2c(c1F)-c1[nH]c3c(c1CC2)C(=O)NCC3. The Bertz CT molecular complexity index is 1190. The number of nitrogens with zero attached hydrogens (tertiary/aromatic N) is 3. The maximum atomic E-state index is 15.6. The number of rotatable bonds is 3. The van der Waals surface area contributed by atoms with E-state index in [-0.39, 0.29) is 28.5 Å². The van der Waals surface area contributed by atoms with Crippen molar-refractivity contribution in [1.82, 2.24) is 25.3 Å². The maximum absolute atomic E-state index is 15.6. The third-order valence-corrected chi connectivity index (χ3v) is 5.61. The molecule has 154 valence electrons. The Hall–Kier alpha value is -3.04. The lowest BCUT2D eigenvalue weighted by atomic mass is 9.88. The van der Waals surface area contributed by atoms with Gasteiger partial charge < -0.3 is 20.1 Å². The molecule has 3 aromatic heterocycles. The van der Waals surface area contributed by atoms with Crippen LogP contribution in [-0.4, -0.2) is 37.5 Å². The van der Waals surface area contributed by atoms with Crippen LogP contribution in [0.1, 0.15) is 45.8 Å². The molecule has 1 aliphatic heterocycles. The van der Waals surface area contributed by atoms with Gasteiger partial charge in [-0.25, -0.2) is 14.4 Å². The van der Waals surface area contributed by atoms with Crippen LogP contribution in [0.4, 0.5) is 4.39 Å². The van der Waals surface area contributed by atoms with Crippen LogP contribution in [0, 0.1) is 5.82 Å². The van der Waals surface area contributed by atoms with Crippen molar-refractivity contribution in [1.29, 1.82) is 0 Å². The van der Waals surface area contributed by atoms with Crippen molar-refractivity contribution in [2.75, 3.05) is 6.54 Å². The van der Waals surface area contributed by atoms with Gasteiger partial charge in [-0.2, -0.15) is 4.98 Å². The van der Waals surface area contributed by atoms with Crippen molar-refractivity contribution in [2.45, 2.75) is 32.3 Å². The number of aromatic nitrogens is 4. The van der Waals surface area contributed by atoms with Crippen molar-refractivity contribution in [3.63, 3.8) is 0 Å². The number of fused-ring (bicyclic) bond motifs is 5. The van der Waals surface area contributed by atoms with E-state index in [1.807, 2.05) is 0 Å². The molecule has 0 saturated heterocycles. The molecule has 0 bridgehead atoms. The first-order valence-corrected chi connectivity index (χ1v) is 9.89. The molecular formula is C20H17ClFN5O3. The zero-order chi connectivity index (χ0) is 21.0. The highest BCUT2D eigenvalue weighted by Gasteiger charge is 2.32. The molecule has 1 amide bonds. The van der Waals surface area contributed by atoms with E-state index in [0.29, 0.717) is 42.6 Å². The minimum Gasteiger partial charge on any atom is -0.417 e. The lowest BCUT2D eigenvalue weighted by molar-refractivity contribution is 0.0945. The van der Waals surface area contributed by atoms with E-state index in [9.17, 15) is 9.90 Å². The van der Waals surface area contributed by atoms with Crippen LogP contribution in [-0.2, 0) is 19.3 Å². The highest BCUT2D eigenvalue weighted by atomic mass is 35.5. The van der Waals surface area contributed by atoms with Crippen LogP contribution >= 0.6 is 11.6 Å². The molecule has 3 aromatic rings. The van der Waals surface area contributed by atoms with Crippen LogP contribution < -0.4 is 10.1 Å². The number of aromatic amines is 1. The normalized spacial score (nSPS) is 15.7. The van der Waals surface area contributed by atoms with Crippen molar-refractivity contribution in [3.8, 4) is 23.0 Å². The van der Waals surface area contributed by atoms with Gasteiger partial charge in [0.25, 0.3) is 11.8 Å². The van der Waals surface area contributed by atoms with Crippen LogP contribution in [0.15, 0.2) is 12.4 Å². The Kier molecular flexibility index (Phi) is 4.44. The lowest BCUT2D eigenvalue weighted by Gasteiger charge is -2.19. The molecule has 0 fully saturated rings. The van der Waals surface area contributed by atoms with E-state index >= 15 is 4.39 Å². The molecule has 30 heavy (non-hydrogen) atoms. The van der Waals surface area contributed by atoms with Crippen LogP contribution in [0.3, 0.4) is 0 Å². The minimum absolute atomic E-state index is 0.0717. The summed E-state index contributed by atoms with van der Waals surface area (Å²) in [6.45, 7) is 2.05. The summed E-state index contributed by atoms with van der Waals surface area (Å²) in [4.78, 5) is 27.5. The second-order valence-electron chi connectivity index (χ2n) is 7.29. The first-order chi connectivity index (χ1) is 14.4. The maximum Gasteiger partial charge on any atom is 0.258 e. The fraction of sp³-hybridized carbons (Fsp3) is 0.300. The highest BCUT2D eigenvalue weighted by Crippen LogP contribution is 2.41. The number of carbonyl (C=O) groups excluding carboxylic acids is 1. The molecule has 10 heteroatoms. The zero-order valence-electron chi connectivity index (χ0n) is 15.9. The molecule has 4 heterocycles. The molecule has 1 atom stereocenters. The van der Waals surface area contributed by atoms with Crippen molar-refractivity contribution in [2.24, 2.45) is 0 Å². The van der Waals surface area contributed by atoms with Crippen LogP contribution in [0.25, 0.3) is 11.3 Å². The Balaban J connectivity index is 1.62. The quantitative estimate of drug-likeness (QED) is 0.552. The number of hydrogen-bond donors (Lipinski definition) is 3. The second-order valence-corrected chi connectivity index (χ2v) is 7.63. The number of H-pyrrole nitrogens is 1. The van der Waals surface area contributed by atoms with E-state index in [2.05, 4.69) is 25.3 Å². The minimum atomic E-state index is -0.946. The molecule has 0 spiro atoms. The fourth-order valence-electron chi connectivity index (χ4n) is 4.02. The van der Waals surface area contributed by atoms with Gasteiger partial charge >= 0.3 is 0 Å². The molecule has 0 saturated carbocycles. The third kappa shape index (κ3) is 2.93. The van der Waals surface area contributed by atoms with Crippen LogP contribution in [0.2, 0.25) is 5.28 Å². The van der Waals surface area contributed by atoms with Gasteiger partial charge in [0, 0.05) is 36.6 Å². The summed E-state index contributed by atoms with van der Waals surface area (Å²) in [5.41, 5.74) is 4.13. The Labute approximate surface area is 175 Å². The molecule has 0 aromatic carbocycles. The van der Waals surface area contributed by atoms with Gasteiger partial charge in [0.05, 0.1) is 22.9 Å². The predicted octanol–water partition coefficient (Wildman–Crippen LogP) is 2.89. The van der Waals surface area contributed by atoms with Gasteiger partial charge in [-0.1, -0.05) is 0 Å². The first-order valence-electron chi connectivity index (χ1n) is 9.52. The van der Waals surface area contributed by atoms with E-state index in [4.69, 9.17) is 16.3 Å². The number of hydrogen-bond acceptors (Lipinski definition) is 6. The Morgan fingerprint density at radius 1 is 1.20 bits per heavy atom. The molecule has 1 aliphatic carbocycles. The summed E-state index contributed by atoms with van der Waals surface area (Å²) < 4.78 is 21.2. The Morgan fingerprint density at radius 2 is 2.03 bits per heavy atom. The van der Waals surface area contributed by atoms with Gasteiger partial charge in [0.15, 0.2) is 5.82 Å². The molecular weight excluding hydrogens is 413 g/mol. The number of ether oxygens (including phenoxy) is 1. The standard InChI is InChI=1S/C20H17ClFN5O3/c1-8(28)11-7-25-20(21)27-18(11)30-19-15(22)13-9(6-24-19)2-3-10-14-12(26-16(10)13)4-5-23-17(14)29/h6-8,26,28H,2-5H2,1H3,(H,23,29)/t8-/m1/s1. The largest absolute Gasteiger partial charge is 0.417 e. The molecule has 2 aliphatic rings. The summed E-state index contributed by atoms with van der Waals surface area (Å²) in [5.74, 6) is -1.17. The van der Waals surface area contributed by atoms with E-state index in [1.165, 1.54) is 13.1 Å². The monoisotopic (exact) mass is 429 g/mol. The van der Waals surface area contributed by atoms with E-state index < -0.39 is 11.9 Å². The zero-order valence-corrected chi connectivity index (χ0v) is 16.7. The summed E-state index contributed by atoms with van der Waals surface area (Å²) in [7, 11) is 0.